The smallest absolute Gasteiger partial charge is 0.342 e. The van der Waals surface area contributed by atoms with Crippen LogP contribution in [-0.4, -0.2) is 20.7 Å². The first-order valence-electron chi connectivity index (χ1n) is 5.06. The largest absolute Gasteiger partial charge is 0.359 e. The lowest BCUT2D eigenvalue weighted by molar-refractivity contribution is 0.528. The molecule has 0 bridgehead atoms. The fourth-order valence-electron chi connectivity index (χ4n) is 2.00. The standard InChI is InChI=1S/C9H14N4O2/c1-9(4-2-3-5-9)11-6-7(14)10-8(15)13-12-6/h2-5H2,1H3,(H,11,12)(H2,10,13,14,15). The molecule has 1 heterocycles. The maximum Gasteiger partial charge on any atom is 0.342 e. The van der Waals surface area contributed by atoms with E-state index in [0.717, 1.165) is 25.7 Å². The highest BCUT2D eigenvalue weighted by Gasteiger charge is 2.29. The van der Waals surface area contributed by atoms with Gasteiger partial charge in [-0.2, -0.15) is 0 Å². The average molecular weight is 210 g/mol. The molecule has 1 fully saturated rings. The van der Waals surface area contributed by atoms with E-state index in [4.69, 9.17) is 0 Å². The van der Waals surface area contributed by atoms with Crippen molar-refractivity contribution in [2.45, 2.75) is 38.1 Å². The number of nitrogens with zero attached hydrogens (tertiary/aromatic N) is 1. The Kier molecular flexibility index (Phi) is 2.34. The van der Waals surface area contributed by atoms with E-state index in [2.05, 4.69) is 27.4 Å². The molecule has 2 rings (SSSR count). The number of nitrogens with one attached hydrogen (secondary N) is 3. The molecule has 1 aliphatic rings. The van der Waals surface area contributed by atoms with Crippen molar-refractivity contribution in [1.82, 2.24) is 15.2 Å². The SMILES string of the molecule is CC1(Nc2n[nH]c(=O)[nH]c2=O)CCCC1. The van der Waals surface area contributed by atoms with Gasteiger partial charge in [-0.05, 0) is 19.8 Å². The van der Waals surface area contributed by atoms with Crippen LogP contribution in [-0.2, 0) is 0 Å². The van der Waals surface area contributed by atoms with E-state index in [1.54, 1.807) is 0 Å². The fourth-order valence-corrected chi connectivity index (χ4v) is 2.00. The summed E-state index contributed by atoms with van der Waals surface area (Å²) in [6.45, 7) is 2.06. The van der Waals surface area contributed by atoms with Gasteiger partial charge in [-0.3, -0.25) is 9.78 Å². The number of H-pyrrole nitrogens is 2. The molecule has 6 heteroatoms. The van der Waals surface area contributed by atoms with Crippen molar-refractivity contribution in [2.75, 3.05) is 5.32 Å². The summed E-state index contributed by atoms with van der Waals surface area (Å²) in [6.07, 6.45) is 4.36. The lowest BCUT2D eigenvalue weighted by atomic mass is 10.0. The predicted molar refractivity (Wildman–Crippen MR) is 56.0 cm³/mol. The number of hydrogen-bond donors (Lipinski definition) is 3. The van der Waals surface area contributed by atoms with Crippen LogP contribution in [0.1, 0.15) is 32.6 Å². The summed E-state index contributed by atoms with van der Waals surface area (Å²) in [4.78, 5) is 24.3. The van der Waals surface area contributed by atoms with Gasteiger partial charge in [0.25, 0.3) is 5.56 Å². The van der Waals surface area contributed by atoms with E-state index in [-0.39, 0.29) is 11.4 Å². The minimum Gasteiger partial charge on any atom is -0.359 e. The zero-order chi connectivity index (χ0) is 10.9. The monoisotopic (exact) mass is 210 g/mol. The van der Waals surface area contributed by atoms with E-state index in [1.165, 1.54) is 0 Å². The molecule has 0 aliphatic heterocycles. The van der Waals surface area contributed by atoms with Gasteiger partial charge in [0.1, 0.15) is 0 Å². The topological polar surface area (TPSA) is 90.6 Å². The average Bonchev–Trinajstić information content (AvgIpc) is 2.58. The van der Waals surface area contributed by atoms with Gasteiger partial charge in [0.05, 0.1) is 0 Å². The number of anilines is 1. The highest BCUT2D eigenvalue weighted by Crippen LogP contribution is 2.30. The summed E-state index contributed by atoms with van der Waals surface area (Å²) in [6, 6.07) is 0. The van der Waals surface area contributed by atoms with Gasteiger partial charge >= 0.3 is 5.69 Å². The van der Waals surface area contributed by atoms with Crippen molar-refractivity contribution in [1.29, 1.82) is 0 Å². The molecule has 0 radical (unpaired) electrons. The van der Waals surface area contributed by atoms with E-state index < -0.39 is 11.2 Å². The number of aromatic amines is 2. The maximum atomic E-state index is 11.4. The molecule has 1 aliphatic carbocycles. The van der Waals surface area contributed by atoms with E-state index in [1.807, 2.05) is 0 Å². The maximum absolute atomic E-state index is 11.4. The van der Waals surface area contributed by atoms with Crippen molar-refractivity contribution in [3.63, 3.8) is 0 Å². The zero-order valence-electron chi connectivity index (χ0n) is 8.59. The van der Waals surface area contributed by atoms with Gasteiger partial charge in [-0.25, -0.2) is 9.89 Å². The summed E-state index contributed by atoms with van der Waals surface area (Å²) in [5.41, 5.74) is -1.12. The first kappa shape index (κ1) is 9.95. The van der Waals surface area contributed by atoms with Crippen molar-refractivity contribution >= 4 is 5.82 Å². The van der Waals surface area contributed by atoms with E-state index in [0.29, 0.717) is 0 Å². The summed E-state index contributed by atoms with van der Waals surface area (Å²) in [7, 11) is 0. The van der Waals surface area contributed by atoms with Crippen molar-refractivity contribution in [3.05, 3.63) is 20.8 Å². The van der Waals surface area contributed by atoms with Crippen LogP contribution in [0.3, 0.4) is 0 Å². The molecule has 0 amide bonds. The Morgan fingerprint density at radius 2 is 2.00 bits per heavy atom. The van der Waals surface area contributed by atoms with Crippen LogP contribution < -0.4 is 16.6 Å². The quantitative estimate of drug-likeness (QED) is 0.650. The zero-order valence-corrected chi connectivity index (χ0v) is 8.59. The van der Waals surface area contributed by atoms with Gasteiger partial charge < -0.3 is 5.32 Å². The molecule has 0 spiro atoms. The molecule has 82 valence electrons. The third-order valence-electron chi connectivity index (χ3n) is 2.84. The van der Waals surface area contributed by atoms with Crippen molar-refractivity contribution < 1.29 is 0 Å². The van der Waals surface area contributed by atoms with Crippen LogP contribution in [0.4, 0.5) is 5.82 Å². The predicted octanol–water partition coefficient (Wildman–Crippen LogP) is 0.203. The second-order valence-corrected chi connectivity index (χ2v) is 4.25. The molecule has 1 aromatic rings. The summed E-state index contributed by atoms with van der Waals surface area (Å²) in [5.74, 6) is 0.194. The molecule has 6 nitrogen and oxygen atoms in total. The Morgan fingerprint density at radius 3 is 2.60 bits per heavy atom. The van der Waals surface area contributed by atoms with Gasteiger partial charge in [0.2, 0.25) is 5.82 Å². The molecular formula is C9H14N4O2. The van der Waals surface area contributed by atoms with Gasteiger partial charge in [0.15, 0.2) is 0 Å². The fraction of sp³-hybridized carbons (Fsp3) is 0.667. The number of aromatic nitrogens is 3. The normalized spacial score (nSPS) is 19.0. The minimum absolute atomic E-state index is 0.0712. The third-order valence-corrected chi connectivity index (χ3v) is 2.84. The van der Waals surface area contributed by atoms with E-state index >= 15 is 0 Å². The van der Waals surface area contributed by atoms with Crippen molar-refractivity contribution in [3.8, 4) is 0 Å². The molecule has 1 saturated carbocycles. The lowest BCUT2D eigenvalue weighted by Gasteiger charge is -2.24. The molecular weight excluding hydrogens is 196 g/mol. The Bertz CT molecular complexity index is 456. The van der Waals surface area contributed by atoms with Crippen LogP contribution in [0.25, 0.3) is 0 Å². The van der Waals surface area contributed by atoms with Gasteiger partial charge in [-0.1, -0.05) is 12.8 Å². The van der Waals surface area contributed by atoms with Crippen LogP contribution in [0.2, 0.25) is 0 Å². The van der Waals surface area contributed by atoms with Gasteiger partial charge in [0, 0.05) is 5.54 Å². The molecule has 1 aromatic heterocycles. The van der Waals surface area contributed by atoms with Crippen LogP contribution in [0.5, 0.6) is 0 Å². The van der Waals surface area contributed by atoms with Gasteiger partial charge in [-0.15, -0.1) is 5.10 Å². The Morgan fingerprint density at radius 1 is 1.33 bits per heavy atom. The summed E-state index contributed by atoms with van der Waals surface area (Å²) in [5, 5.41) is 8.99. The minimum atomic E-state index is -0.581. The first-order chi connectivity index (χ1) is 7.09. The van der Waals surface area contributed by atoms with Crippen molar-refractivity contribution in [2.24, 2.45) is 0 Å². The summed E-state index contributed by atoms with van der Waals surface area (Å²) >= 11 is 0. The number of hydrogen-bond acceptors (Lipinski definition) is 4. The van der Waals surface area contributed by atoms with Crippen LogP contribution in [0.15, 0.2) is 9.59 Å². The number of rotatable bonds is 2. The lowest BCUT2D eigenvalue weighted by Crippen LogP contribution is -2.36. The first-order valence-corrected chi connectivity index (χ1v) is 5.06. The molecule has 0 aromatic carbocycles. The highest BCUT2D eigenvalue weighted by atomic mass is 16.2. The molecule has 0 saturated heterocycles. The summed E-state index contributed by atoms with van der Waals surface area (Å²) < 4.78 is 0. The Balaban J connectivity index is 2.24. The van der Waals surface area contributed by atoms with Crippen LogP contribution in [0, 0.1) is 0 Å². The Hall–Kier alpha value is -1.59. The van der Waals surface area contributed by atoms with E-state index in [9.17, 15) is 9.59 Å². The molecule has 3 N–H and O–H groups in total. The second kappa shape index (κ2) is 3.52. The highest BCUT2D eigenvalue weighted by molar-refractivity contribution is 5.33. The molecule has 15 heavy (non-hydrogen) atoms. The second-order valence-electron chi connectivity index (χ2n) is 4.25. The van der Waals surface area contributed by atoms with Crippen LogP contribution >= 0.6 is 0 Å². The molecule has 0 unspecified atom stereocenters. The Labute approximate surface area is 86.1 Å². The molecule has 0 atom stereocenters. The third kappa shape index (κ3) is 2.08.